The number of pyridine rings is 1. The minimum atomic E-state index is -1.01. The van der Waals surface area contributed by atoms with Gasteiger partial charge in [-0.05, 0) is 31.4 Å². The van der Waals surface area contributed by atoms with Gasteiger partial charge >= 0.3 is 5.97 Å². The molecule has 0 aromatic carbocycles. The van der Waals surface area contributed by atoms with Crippen molar-refractivity contribution in [1.82, 2.24) is 9.88 Å². The lowest BCUT2D eigenvalue weighted by molar-refractivity contribution is -0.130. The summed E-state index contributed by atoms with van der Waals surface area (Å²) in [5.74, 6) is -0.0186. The van der Waals surface area contributed by atoms with E-state index in [9.17, 15) is 9.59 Å². The molecule has 0 unspecified atom stereocenters. The first kappa shape index (κ1) is 13.9. The predicted molar refractivity (Wildman–Crippen MR) is 77.4 cm³/mol. The molecule has 2 fully saturated rings. The number of aromatic carboxylic acids is 1. The fourth-order valence-corrected chi connectivity index (χ4v) is 3.18. The lowest BCUT2D eigenvalue weighted by Gasteiger charge is -2.37. The summed E-state index contributed by atoms with van der Waals surface area (Å²) in [6.45, 7) is 2.51. The van der Waals surface area contributed by atoms with E-state index in [1.165, 1.54) is 6.07 Å². The van der Waals surface area contributed by atoms with Gasteiger partial charge in [-0.2, -0.15) is 0 Å². The van der Waals surface area contributed by atoms with Crippen molar-refractivity contribution in [2.75, 3.05) is 24.5 Å². The molecule has 3 heterocycles. The molecule has 6 heteroatoms. The zero-order chi connectivity index (χ0) is 14.8. The summed E-state index contributed by atoms with van der Waals surface area (Å²) in [5.41, 5.74) is 0.0735. The topological polar surface area (TPSA) is 73.7 Å². The molecule has 2 saturated heterocycles. The molecule has 0 aliphatic carbocycles. The van der Waals surface area contributed by atoms with Crippen molar-refractivity contribution < 1.29 is 14.7 Å². The van der Waals surface area contributed by atoms with Crippen LogP contribution < -0.4 is 4.90 Å². The number of carbonyl (C=O) groups excluding carboxylic acids is 1. The van der Waals surface area contributed by atoms with Gasteiger partial charge in [0.1, 0.15) is 5.82 Å². The number of amides is 1. The third kappa shape index (κ3) is 2.84. The first-order chi connectivity index (χ1) is 10.1. The van der Waals surface area contributed by atoms with Gasteiger partial charge in [0.15, 0.2) is 5.69 Å². The van der Waals surface area contributed by atoms with E-state index in [0.29, 0.717) is 18.3 Å². The van der Waals surface area contributed by atoms with Crippen molar-refractivity contribution in [1.29, 1.82) is 0 Å². The van der Waals surface area contributed by atoms with Crippen molar-refractivity contribution in [3.8, 4) is 0 Å². The van der Waals surface area contributed by atoms with Crippen molar-refractivity contribution in [3.05, 3.63) is 23.9 Å². The smallest absolute Gasteiger partial charge is 0.354 e. The highest BCUT2D eigenvalue weighted by Gasteiger charge is 2.31. The van der Waals surface area contributed by atoms with Gasteiger partial charge in [-0.25, -0.2) is 9.78 Å². The van der Waals surface area contributed by atoms with Crippen molar-refractivity contribution in [2.24, 2.45) is 0 Å². The molecule has 1 aromatic rings. The summed E-state index contributed by atoms with van der Waals surface area (Å²) in [7, 11) is 0. The van der Waals surface area contributed by atoms with Crippen LogP contribution in [0.1, 0.15) is 36.2 Å². The van der Waals surface area contributed by atoms with Crippen LogP contribution in [0, 0.1) is 0 Å². The van der Waals surface area contributed by atoms with E-state index in [-0.39, 0.29) is 11.6 Å². The Kier molecular flexibility index (Phi) is 3.77. The number of likely N-dealkylation sites (tertiary alicyclic amines) is 1. The highest BCUT2D eigenvalue weighted by atomic mass is 16.4. The van der Waals surface area contributed by atoms with Gasteiger partial charge in [-0.3, -0.25) is 4.79 Å². The van der Waals surface area contributed by atoms with Crippen LogP contribution in [0.2, 0.25) is 0 Å². The second-order valence-electron chi connectivity index (χ2n) is 5.60. The van der Waals surface area contributed by atoms with Crippen LogP contribution in [0.5, 0.6) is 0 Å². The van der Waals surface area contributed by atoms with Gasteiger partial charge in [0.05, 0.1) is 0 Å². The molecule has 6 nitrogen and oxygen atoms in total. The van der Waals surface area contributed by atoms with E-state index in [0.717, 1.165) is 38.9 Å². The van der Waals surface area contributed by atoms with Crippen LogP contribution in [0.4, 0.5) is 5.82 Å². The maximum absolute atomic E-state index is 11.8. The Balaban J connectivity index is 1.64. The molecule has 1 amide bonds. The minimum Gasteiger partial charge on any atom is -0.477 e. The molecule has 0 atom stereocenters. The van der Waals surface area contributed by atoms with Crippen molar-refractivity contribution in [3.63, 3.8) is 0 Å². The van der Waals surface area contributed by atoms with Crippen molar-refractivity contribution >= 4 is 17.7 Å². The van der Waals surface area contributed by atoms with Crippen LogP contribution in [0.3, 0.4) is 0 Å². The first-order valence-corrected chi connectivity index (χ1v) is 7.40. The number of hydrogen-bond acceptors (Lipinski definition) is 4. The molecule has 0 radical (unpaired) electrons. The average molecular weight is 289 g/mol. The molecule has 3 rings (SSSR count). The summed E-state index contributed by atoms with van der Waals surface area (Å²) in [4.78, 5) is 31.0. The van der Waals surface area contributed by atoms with Crippen molar-refractivity contribution in [2.45, 2.75) is 31.7 Å². The molecule has 1 aromatic heterocycles. The molecule has 0 bridgehead atoms. The number of piperidine rings is 1. The number of nitrogens with zero attached hydrogens (tertiary/aromatic N) is 3. The lowest BCUT2D eigenvalue weighted by Crippen LogP contribution is -2.45. The van der Waals surface area contributed by atoms with E-state index >= 15 is 0 Å². The molecule has 2 aliphatic rings. The molecule has 0 saturated carbocycles. The number of aromatic nitrogens is 1. The van der Waals surface area contributed by atoms with E-state index in [4.69, 9.17) is 5.11 Å². The maximum Gasteiger partial charge on any atom is 0.354 e. The number of rotatable bonds is 3. The Morgan fingerprint density at radius 3 is 2.62 bits per heavy atom. The fraction of sp³-hybridized carbons (Fsp3) is 0.533. The Morgan fingerprint density at radius 1 is 1.24 bits per heavy atom. The summed E-state index contributed by atoms with van der Waals surface area (Å²) in [6.07, 6.45) is 3.50. The quantitative estimate of drug-likeness (QED) is 0.909. The molecule has 112 valence electrons. The number of carboxylic acid groups (broad SMARTS) is 1. The molecule has 21 heavy (non-hydrogen) atoms. The van der Waals surface area contributed by atoms with Crippen LogP contribution in [-0.2, 0) is 4.79 Å². The van der Waals surface area contributed by atoms with E-state index in [1.54, 1.807) is 6.07 Å². The van der Waals surface area contributed by atoms with Gasteiger partial charge in [0.25, 0.3) is 0 Å². The second-order valence-corrected chi connectivity index (χ2v) is 5.60. The van der Waals surface area contributed by atoms with Crippen LogP contribution in [0.25, 0.3) is 0 Å². The number of carbonyl (C=O) groups is 2. The highest BCUT2D eigenvalue weighted by Crippen LogP contribution is 2.24. The van der Waals surface area contributed by atoms with Crippen LogP contribution in [0.15, 0.2) is 18.2 Å². The Labute approximate surface area is 123 Å². The highest BCUT2D eigenvalue weighted by molar-refractivity contribution is 5.85. The third-order valence-corrected chi connectivity index (χ3v) is 4.29. The molecule has 0 spiro atoms. The number of anilines is 1. The van der Waals surface area contributed by atoms with Gasteiger partial charge < -0.3 is 14.9 Å². The normalized spacial score (nSPS) is 20.1. The largest absolute Gasteiger partial charge is 0.477 e. The average Bonchev–Trinajstić information content (AvgIpc) is 2.94. The standard InChI is InChI=1S/C15H19N3O3/c19-14-5-2-8-18(14)11-6-9-17(10-7-11)13-4-1-3-12(16-13)15(20)21/h1,3-4,11H,2,5-10H2,(H,20,21). The molecule has 1 N–H and O–H groups in total. The molecule has 2 aliphatic heterocycles. The SMILES string of the molecule is O=C(O)c1cccc(N2CCC(N3CCCC3=O)CC2)n1. The first-order valence-electron chi connectivity index (χ1n) is 7.40. The summed E-state index contributed by atoms with van der Waals surface area (Å²) < 4.78 is 0. The Bertz CT molecular complexity index is 553. The number of carboxylic acids is 1. The summed E-state index contributed by atoms with van der Waals surface area (Å²) in [5, 5.41) is 9.00. The summed E-state index contributed by atoms with van der Waals surface area (Å²) in [6, 6.07) is 5.40. The number of hydrogen-bond donors (Lipinski definition) is 1. The Hall–Kier alpha value is -2.11. The van der Waals surface area contributed by atoms with Gasteiger partial charge in [0, 0.05) is 32.1 Å². The van der Waals surface area contributed by atoms with Crippen LogP contribution in [-0.4, -0.2) is 52.5 Å². The van der Waals surface area contributed by atoms with Gasteiger partial charge in [-0.15, -0.1) is 0 Å². The Morgan fingerprint density at radius 2 is 2.00 bits per heavy atom. The maximum atomic E-state index is 11.8. The molecular formula is C15H19N3O3. The van der Waals surface area contributed by atoms with E-state index < -0.39 is 5.97 Å². The predicted octanol–water partition coefficient (Wildman–Crippen LogP) is 1.37. The van der Waals surface area contributed by atoms with Gasteiger partial charge in [0.2, 0.25) is 5.91 Å². The van der Waals surface area contributed by atoms with E-state index in [2.05, 4.69) is 9.88 Å². The fourth-order valence-electron chi connectivity index (χ4n) is 3.18. The molecular weight excluding hydrogens is 270 g/mol. The minimum absolute atomic E-state index is 0.0735. The zero-order valence-electron chi connectivity index (χ0n) is 11.9. The lowest BCUT2D eigenvalue weighted by atomic mass is 10.0. The van der Waals surface area contributed by atoms with E-state index in [1.807, 2.05) is 11.0 Å². The summed E-state index contributed by atoms with van der Waals surface area (Å²) >= 11 is 0. The third-order valence-electron chi connectivity index (χ3n) is 4.29. The van der Waals surface area contributed by atoms with Crippen LogP contribution >= 0.6 is 0 Å². The second kappa shape index (κ2) is 5.71. The zero-order valence-corrected chi connectivity index (χ0v) is 11.9. The monoisotopic (exact) mass is 289 g/mol. The van der Waals surface area contributed by atoms with Gasteiger partial charge in [-0.1, -0.05) is 6.07 Å².